The Morgan fingerprint density at radius 2 is 1.82 bits per heavy atom. The number of aromatic nitrogens is 2. The molecule has 1 aromatic carbocycles. The monoisotopic (exact) mass is 445 g/mol. The Hall–Kier alpha value is -1.70. The minimum absolute atomic E-state index is 0.0984. The zero-order valence-electron chi connectivity index (χ0n) is 16.6. The molecule has 1 atom stereocenters. The highest BCUT2D eigenvalue weighted by Gasteiger charge is 2.29. The molecule has 150 valence electrons. The van der Waals surface area contributed by atoms with Gasteiger partial charge in [0.2, 0.25) is 0 Å². The van der Waals surface area contributed by atoms with Gasteiger partial charge in [-0.15, -0.1) is 0 Å². The molecule has 3 heterocycles. The van der Waals surface area contributed by atoms with E-state index < -0.39 is 0 Å². The van der Waals surface area contributed by atoms with Crippen LogP contribution < -0.4 is 0 Å². The predicted molar refractivity (Wildman–Crippen MR) is 114 cm³/mol. The van der Waals surface area contributed by atoms with E-state index in [9.17, 15) is 4.79 Å². The molecule has 1 amide bonds. The third kappa shape index (κ3) is 4.02. The Balaban J connectivity index is 1.41. The maximum Gasteiger partial charge on any atom is 0.257 e. The number of rotatable bonds is 3. The molecule has 2 saturated heterocycles. The van der Waals surface area contributed by atoms with Crippen LogP contribution in [0.5, 0.6) is 0 Å². The van der Waals surface area contributed by atoms with E-state index in [4.69, 9.17) is 0 Å². The maximum absolute atomic E-state index is 13.1. The molecule has 6 nitrogen and oxygen atoms in total. The van der Waals surface area contributed by atoms with Gasteiger partial charge < -0.3 is 9.80 Å². The van der Waals surface area contributed by atoms with Crippen molar-refractivity contribution in [1.29, 1.82) is 0 Å². The number of nitrogens with zero attached hydrogens (tertiary/aromatic N) is 5. The Bertz CT molecular complexity index is 826. The van der Waals surface area contributed by atoms with Gasteiger partial charge in [-0.25, -0.2) is 4.68 Å². The summed E-state index contributed by atoms with van der Waals surface area (Å²) in [5, 5.41) is 4.47. The van der Waals surface area contributed by atoms with Crippen LogP contribution in [-0.4, -0.2) is 82.7 Å². The molecule has 0 radical (unpaired) electrons. The van der Waals surface area contributed by atoms with Crippen LogP contribution in [0, 0.1) is 6.92 Å². The summed E-state index contributed by atoms with van der Waals surface area (Å²) in [5.41, 5.74) is 2.56. The van der Waals surface area contributed by atoms with E-state index >= 15 is 0 Å². The summed E-state index contributed by atoms with van der Waals surface area (Å²) in [7, 11) is 2.21. The van der Waals surface area contributed by atoms with Crippen molar-refractivity contribution in [3.05, 3.63) is 46.2 Å². The maximum atomic E-state index is 13.1. The summed E-state index contributed by atoms with van der Waals surface area (Å²) in [5.74, 6) is 0.0984. The average molecular weight is 446 g/mol. The first-order valence-electron chi connectivity index (χ1n) is 10.1. The second kappa shape index (κ2) is 8.35. The summed E-state index contributed by atoms with van der Waals surface area (Å²) in [6.45, 7) is 7.83. The highest BCUT2D eigenvalue weighted by molar-refractivity contribution is 9.10. The minimum atomic E-state index is 0.0984. The van der Waals surface area contributed by atoms with E-state index in [0.29, 0.717) is 11.6 Å². The van der Waals surface area contributed by atoms with Gasteiger partial charge in [0.05, 0.1) is 23.1 Å². The van der Waals surface area contributed by atoms with Gasteiger partial charge in [-0.1, -0.05) is 15.9 Å². The van der Waals surface area contributed by atoms with Crippen LogP contribution in [0.4, 0.5) is 0 Å². The SMILES string of the molecule is Cc1c(C(=O)N2CCN(C3CCCN(C)C3)CC2)cnn1-c1ccc(Br)cc1. The van der Waals surface area contributed by atoms with E-state index in [1.54, 1.807) is 6.20 Å². The predicted octanol–water partition coefficient (Wildman–Crippen LogP) is 2.80. The smallest absolute Gasteiger partial charge is 0.257 e. The van der Waals surface area contributed by atoms with E-state index in [1.807, 2.05) is 40.8 Å². The van der Waals surface area contributed by atoms with Crippen molar-refractivity contribution in [2.24, 2.45) is 0 Å². The second-order valence-electron chi connectivity index (χ2n) is 7.92. The summed E-state index contributed by atoms with van der Waals surface area (Å²) in [4.78, 5) is 20.1. The zero-order chi connectivity index (χ0) is 19.7. The molecule has 2 aliphatic rings. The lowest BCUT2D eigenvalue weighted by molar-refractivity contribution is 0.0451. The topological polar surface area (TPSA) is 44.6 Å². The van der Waals surface area contributed by atoms with Gasteiger partial charge in [0.25, 0.3) is 5.91 Å². The summed E-state index contributed by atoms with van der Waals surface area (Å²) in [6, 6.07) is 8.61. The zero-order valence-corrected chi connectivity index (χ0v) is 18.2. The average Bonchev–Trinajstić information content (AvgIpc) is 3.09. The normalized spacial score (nSPS) is 21.8. The number of carbonyl (C=O) groups is 1. The van der Waals surface area contributed by atoms with Gasteiger partial charge in [-0.2, -0.15) is 5.10 Å². The van der Waals surface area contributed by atoms with Crippen LogP contribution in [-0.2, 0) is 0 Å². The second-order valence-corrected chi connectivity index (χ2v) is 8.83. The molecule has 2 fully saturated rings. The molecular weight excluding hydrogens is 418 g/mol. The quantitative estimate of drug-likeness (QED) is 0.728. The highest BCUT2D eigenvalue weighted by atomic mass is 79.9. The van der Waals surface area contributed by atoms with E-state index in [2.05, 4.69) is 37.9 Å². The van der Waals surface area contributed by atoms with Crippen molar-refractivity contribution in [2.75, 3.05) is 46.3 Å². The van der Waals surface area contributed by atoms with E-state index in [0.717, 1.165) is 48.6 Å². The van der Waals surface area contributed by atoms with E-state index in [-0.39, 0.29) is 5.91 Å². The largest absolute Gasteiger partial charge is 0.336 e. The number of amides is 1. The number of likely N-dealkylation sites (tertiary alicyclic amines) is 1. The number of benzene rings is 1. The van der Waals surface area contributed by atoms with E-state index in [1.165, 1.54) is 19.4 Å². The third-order valence-electron chi connectivity index (χ3n) is 6.03. The third-order valence-corrected chi connectivity index (χ3v) is 6.56. The van der Waals surface area contributed by atoms with Crippen LogP contribution in [0.1, 0.15) is 28.9 Å². The van der Waals surface area contributed by atoms with Crippen LogP contribution in [0.3, 0.4) is 0 Å². The van der Waals surface area contributed by atoms with Crippen LogP contribution in [0.2, 0.25) is 0 Å². The number of halogens is 1. The molecule has 0 saturated carbocycles. The van der Waals surface area contributed by atoms with Gasteiger partial charge in [0.15, 0.2) is 0 Å². The molecule has 7 heteroatoms. The molecule has 0 spiro atoms. The number of carbonyl (C=O) groups excluding carboxylic acids is 1. The fraction of sp³-hybridized carbons (Fsp3) is 0.524. The fourth-order valence-corrected chi connectivity index (χ4v) is 4.62. The number of piperidine rings is 1. The van der Waals surface area contributed by atoms with Crippen LogP contribution in [0.25, 0.3) is 5.69 Å². The molecule has 0 bridgehead atoms. The van der Waals surface area contributed by atoms with Gasteiger partial charge in [0.1, 0.15) is 0 Å². The van der Waals surface area contributed by atoms with Crippen molar-refractivity contribution in [1.82, 2.24) is 24.5 Å². The molecular formula is C21H28BrN5O. The first kappa shape index (κ1) is 19.6. The standard InChI is InChI=1S/C21H28BrN5O/c1-16-20(14-23-27(16)18-7-5-17(22)6-8-18)21(28)26-12-10-25(11-13-26)19-4-3-9-24(2)15-19/h5-8,14,19H,3-4,9-13,15H2,1-2H3. The highest BCUT2D eigenvalue weighted by Crippen LogP contribution is 2.20. The number of piperazine rings is 1. The summed E-state index contributed by atoms with van der Waals surface area (Å²) >= 11 is 3.46. The lowest BCUT2D eigenvalue weighted by atomic mass is 10.0. The number of likely N-dealkylation sites (N-methyl/N-ethyl adjacent to an activating group) is 1. The fourth-order valence-electron chi connectivity index (χ4n) is 4.36. The first-order valence-corrected chi connectivity index (χ1v) is 10.8. The van der Waals surface area contributed by atoms with Crippen LogP contribution in [0.15, 0.2) is 34.9 Å². The molecule has 28 heavy (non-hydrogen) atoms. The van der Waals surface area contributed by atoms with Gasteiger partial charge in [-0.05, 0) is 57.6 Å². The molecule has 1 unspecified atom stereocenters. The number of hydrogen-bond acceptors (Lipinski definition) is 4. The van der Waals surface area contributed by atoms with Crippen molar-refractivity contribution in [3.63, 3.8) is 0 Å². The van der Waals surface area contributed by atoms with Crippen LogP contribution >= 0.6 is 15.9 Å². The Morgan fingerprint density at radius 1 is 1.11 bits per heavy atom. The van der Waals surface area contributed by atoms with Crippen molar-refractivity contribution in [3.8, 4) is 5.69 Å². The molecule has 1 aromatic heterocycles. The first-order chi connectivity index (χ1) is 13.5. The summed E-state index contributed by atoms with van der Waals surface area (Å²) < 4.78 is 2.87. The van der Waals surface area contributed by atoms with Gasteiger partial charge in [0, 0.05) is 43.2 Å². The minimum Gasteiger partial charge on any atom is -0.336 e. The molecule has 2 aliphatic heterocycles. The van der Waals surface area contributed by atoms with Gasteiger partial charge in [-0.3, -0.25) is 9.69 Å². The lowest BCUT2D eigenvalue weighted by Gasteiger charge is -2.42. The lowest BCUT2D eigenvalue weighted by Crippen LogP contribution is -2.55. The van der Waals surface area contributed by atoms with Crippen molar-refractivity contribution >= 4 is 21.8 Å². The molecule has 0 aliphatic carbocycles. The van der Waals surface area contributed by atoms with Crippen molar-refractivity contribution in [2.45, 2.75) is 25.8 Å². The Morgan fingerprint density at radius 3 is 2.50 bits per heavy atom. The van der Waals surface area contributed by atoms with Gasteiger partial charge >= 0.3 is 0 Å². The molecule has 4 rings (SSSR count). The number of hydrogen-bond donors (Lipinski definition) is 0. The summed E-state index contributed by atoms with van der Waals surface area (Å²) in [6.07, 6.45) is 4.26. The molecule has 0 N–H and O–H groups in total. The Kier molecular flexibility index (Phi) is 5.85. The van der Waals surface area contributed by atoms with Crippen molar-refractivity contribution < 1.29 is 4.79 Å². The Labute approximate surface area is 175 Å². The molecule has 2 aromatic rings.